The van der Waals surface area contributed by atoms with Crippen LogP contribution in [-0.2, 0) is 4.79 Å². The lowest BCUT2D eigenvalue weighted by molar-refractivity contribution is -0.112. The van der Waals surface area contributed by atoms with Gasteiger partial charge in [-0.3, -0.25) is 4.79 Å². The van der Waals surface area contributed by atoms with Crippen molar-refractivity contribution in [3.05, 3.63) is 35.1 Å². The zero-order valence-corrected chi connectivity index (χ0v) is 8.38. The minimum absolute atomic E-state index is 0.320. The molecule has 0 aromatic carbocycles. The van der Waals surface area contributed by atoms with E-state index < -0.39 is 0 Å². The van der Waals surface area contributed by atoms with E-state index in [-0.39, 0.29) is 5.91 Å². The molecule has 3 N–H and O–H groups in total. The second-order valence-corrected chi connectivity index (χ2v) is 3.11. The molecule has 0 saturated carbocycles. The fraction of sp³-hybridized carbons (Fsp3) is 0.111. The maximum absolute atomic E-state index is 11.2. The monoisotopic (exact) mass is 211 g/mol. The summed E-state index contributed by atoms with van der Waals surface area (Å²) >= 11 is 5.63. The van der Waals surface area contributed by atoms with Crippen LogP contribution in [0.3, 0.4) is 0 Å². The largest absolute Gasteiger partial charge is 0.402 e. The first kappa shape index (κ1) is 10.5. The van der Waals surface area contributed by atoms with Crippen molar-refractivity contribution in [1.82, 2.24) is 4.98 Å². The first-order valence-electron chi connectivity index (χ1n) is 3.95. The van der Waals surface area contributed by atoms with E-state index in [9.17, 15) is 4.79 Å². The van der Waals surface area contributed by atoms with Crippen LogP contribution in [0.4, 0.5) is 5.82 Å². The molecule has 0 fully saturated rings. The lowest BCUT2D eigenvalue weighted by atomic mass is 10.4. The van der Waals surface area contributed by atoms with E-state index in [1.54, 1.807) is 25.1 Å². The molecule has 1 amide bonds. The number of nitrogens with zero attached hydrogens (tertiary/aromatic N) is 1. The summed E-state index contributed by atoms with van der Waals surface area (Å²) in [5, 5.41) is 2.85. The van der Waals surface area contributed by atoms with E-state index in [4.69, 9.17) is 17.3 Å². The van der Waals surface area contributed by atoms with E-state index in [2.05, 4.69) is 10.3 Å². The number of halogens is 1. The molecule has 1 aromatic rings. The third-order valence-electron chi connectivity index (χ3n) is 1.33. The minimum Gasteiger partial charge on any atom is -0.402 e. The standard InChI is InChI=1S/C9H10ClN3O/c1-6(11)5-9(14)13-8-4-2-3-7(10)12-8/h2-5H,11H2,1H3,(H,12,13,14)/b6-5-. The molecule has 0 unspecified atom stereocenters. The van der Waals surface area contributed by atoms with Crippen molar-refractivity contribution in [2.24, 2.45) is 5.73 Å². The zero-order valence-electron chi connectivity index (χ0n) is 7.62. The summed E-state index contributed by atoms with van der Waals surface area (Å²) in [7, 11) is 0. The Labute approximate surface area is 86.8 Å². The Morgan fingerprint density at radius 2 is 2.36 bits per heavy atom. The molecule has 4 nitrogen and oxygen atoms in total. The van der Waals surface area contributed by atoms with Gasteiger partial charge in [-0.05, 0) is 19.1 Å². The molecule has 0 atom stereocenters. The molecular formula is C9H10ClN3O. The predicted octanol–water partition coefficient (Wildman–Crippen LogP) is 1.54. The van der Waals surface area contributed by atoms with Crippen LogP contribution in [0.5, 0.6) is 0 Å². The summed E-state index contributed by atoms with van der Waals surface area (Å²) in [6.07, 6.45) is 1.28. The highest BCUT2D eigenvalue weighted by Crippen LogP contribution is 2.08. The van der Waals surface area contributed by atoms with Gasteiger partial charge in [-0.2, -0.15) is 0 Å². The Morgan fingerprint density at radius 1 is 1.64 bits per heavy atom. The van der Waals surface area contributed by atoms with Crippen molar-refractivity contribution >= 4 is 23.3 Å². The van der Waals surface area contributed by atoms with Crippen LogP contribution in [0.1, 0.15) is 6.92 Å². The molecule has 0 saturated heterocycles. The van der Waals surface area contributed by atoms with Crippen molar-refractivity contribution < 1.29 is 4.79 Å². The lowest BCUT2D eigenvalue weighted by Crippen LogP contribution is -2.11. The molecule has 0 aliphatic rings. The Balaban J connectivity index is 2.70. The molecule has 0 spiro atoms. The van der Waals surface area contributed by atoms with Gasteiger partial charge >= 0.3 is 0 Å². The summed E-state index contributed by atoms with van der Waals surface area (Å²) in [5.74, 6) is 0.0831. The molecule has 0 aliphatic carbocycles. The van der Waals surface area contributed by atoms with Crippen LogP contribution >= 0.6 is 11.6 Å². The highest BCUT2D eigenvalue weighted by Gasteiger charge is 1.99. The summed E-state index contributed by atoms with van der Waals surface area (Å²) in [4.78, 5) is 15.1. The van der Waals surface area contributed by atoms with Crippen molar-refractivity contribution in [2.45, 2.75) is 6.92 Å². The van der Waals surface area contributed by atoms with Crippen LogP contribution in [0, 0.1) is 0 Å². The predicted molar refractivity (Wildman–Crippen MR) is 55.8 cm³/mol. The Hall–Kier alpha value is -1.55. The number of carbonyl (C=O) groups is 1. The minimum atomic E-state index is -0.320. The maximum Gasteiger partial charge on any atom is 0.251 e. The van der Waals surface area contributed by atoms with Gasteiger partial charge in [-0.25, -0.2) is 4.98 Å². The van der Waals surface area contributed by atoms with E-state index >= 15 is 0 Å². The second kappa shape index (κ2) is 4.62. The van der Waals surface area contributed by atoms with Crippen molar-refractivity contribution in [2.75, 3.05) is 5.32 Å². The number of pyridine rings is 1. The second-order valence-electron chi connectivity index (χ2n) is 2.72. The SMILES string of the molecule is C/C(N)=C/C(=O)Nc1cccc(Cl)n1. The van der Waals surface area contributed by atoms with Crippen molar-refractivity contribution in [1.29, 1.82) is 0 Å². The number of aromatic nitrogens is 1. The number of rotatable bonds is 2. The normalized spacial score (nSPS) is 11.1. The van der Waals surface area contributed by atoms with Crippen LogP contribution in [0.2, 0.25) is 5.15 Å². The summed E-state index contributed by atoms with van der Waals surface area (Å²) < 4.78 is 0. The van der Waals surface area contributed by atoms with Crippen LogP contribution in [0.15, 0.2) is 30.0 Å². The molecule has 0 radical (unpaired) electrons. The third-order valence-corrected chi connectivity index (χ3v) is 1.54. The maximum atomic E-state index is 11.2. The Kier molecular flexibility index (Phi) is 3.48. The van der Waals surface area contributed by atoms with Gasteiger partial charge in [0.2, 0.25) is 0 Å². The summed E-state index contributed by atoms with van der Waals surface area (Å²) in [6.45, 7) is 1.63. The molecular weight excluding hydrogens is 202 g/mol. The first-order chi connectivity index (χ1) is 6.58. The van der Waals surface area contributed by atoms with E-state index in [0.29, 0.717) is 16.7 Å². The molecule has 0 aliphatic heterocycles. The van der Waals surface area contributed by atoms with E-state index in [0.717, 1.165) is 0 Å². The molecule has 1 rings (SSSR count). The molecule has 5 heteroatoms. The van der Waals surface area contributed by atoms with E-state index in [1.165, 1.54) is 6.08 Å². The fourth-order valence-corrected chi connectivity index (χ4v) is 1.01. The molecule has 1 aromatic heterocycles. The van der Waals surface area contributed by atoms with Crippen LogP contribution < -0.4 is 11.1 Å². The number of nitrogens with one attached hydrogen (secondary N) is 1. The fourth-order valence-electron chi connectivity index (χ4n) is 0.847. The third kappa shape index (κ3) is 3.45. The number of nitrogens with two attached hydrogens (primary N) is 1. The number of allylic oxidation sites excluding steroid dienone is 1. The Morgan fingerprint density at radius 3 is 2.93 bits per heavy atom. The average Bonchev–Trinajstić information content (AvgIpc) is 2.01. The number of hydrogen-bond donors (Lipinski definition) is 2. The number of amides is 1. The topological polar surface area (TPSA) is 68.0 Å². The van der Waals surface area contributed by atoms with Gasteiger partial charge in [0.05, 0.1) is 0 Å². The Bertz CT molecular complexity index is 372. The van der Waals surface area contributed by atoms with E-state index in [1.807, 2.05) is 0 Å². The highest BCUT2D eigenvalue weighted by atomic mass is 35.5. The molecule has 1 heterocycles. The summed E-state index contributed by atoms with van der Waals surface area (Å²) in [5.41, 5.74) is 5.77. The van der Waals surface area contributed by atoms with Crippen LogP contribution in [0.25, 0.3) is 0 Å². The van der Waals surface area contributed by atoms with Gasteiger partial charge in [-0.15, -0.1) is 0 Å². The van der Waals surface area contributed by atoms with Gasteiger partial charge in [-0.1, -0.05) is 17.7 Å². The van der Waals surface area contributed by atoms with Gasteiger partial charge in [0.25, 0.3) is 5.91 Å². The average molecular weight is 212 g/mol. The van der Waals surface area contributed by atoms with Crippen molar-refractivity contribution in [3.8, 4) is 0 Å². The number of anilines is 1. The van der Waals surface area contributed by atoms with Gasteiger partial charge in [0, 0.05) is 11.8 Å². The number of hydrogen-bond acceptors (Lipinski definition) is 3. The quantitative estimate of drug-likeness (QED) is 0.576. The molecule has 14 heavy (non-hydrogen) atoms. The number of carbonyl (C=O) groups excluding carboxylic acids is 1. The zero-order chi connectivity index (χ0) is 10.6. The first-order valence-corrected chi connectivity index (χ1v) is 4.33. The highest BCUT2D eigenvalue weighted by molar-refractivity contribution is 6.29. The van der Waals surface area contributed by atoms with Crippen molar-refractivity contribution in [3.63, 3.8) is 0 Å². The van der Waals surface area contributed by atoms with Crippen LogP contribution in [-0.4, -0.2) is 10.9 Å². The smallest absolute Gasteiger partial charge is 0.251 e. The molecule has 0 bridgehead atoms. The van der Waals surface area contributed by atoms with Gasteiger partial charge in [0.15, 0.2) is 0 Å². The summed E-state index contributed by atoms with van der Waals surface area (Å²) in [6, 6.07) is 4.97. The molecule has 74 valence electrons. The lowest BCUT2D eigenvalue weighted by Gasteiger charge is -2.00. The van der Waals surface area contributed by atoms with Gasteiger partial charge in [0.1, 0.15) is 11.0 Å². The van der Waals surface area contributed by atoms with Gasteiger partial charge < -0.3 is 11.1 Å².